The Bertz CT molecular complexity index is 498. The third kappa shape index (κ3) is 2.14. The molecular weight excluding hydrogens is 324 g/mol. The van der Waals surface area contributed by atoms with Crippen molar-refractivity contribution in [2.45, 2.75) is 6.04 Å². The maximum atomic E-state index is 11.8. The summed E-state index contributed by atoms with van der Waals surface area (Å²) >= 11 is 5.03. The van der Waals surface area contributed by atoms with E-state index in [0.717, 1.165) is 11.5 Å². The molecule has 1 saturated heterocycles. The number of aromatic nitrogens is 2. The van der Waals surface area contributed by atoms with Crippen LogP contribution in [-0.4, -0.2) is 47.2 Å². The Balaban J connectivity index is 2.53. The molecule has 0 bridgehead atoms. The van der Waals surface area contributed by atoms with Gasteiger partial charge in [0.15, 0.2) is 16.1 Å². The van der Waals surface area contributed by atoms with Crippen LogP contribution < -0.4 is 0 Å². The SMILES string of the molecule is COC(=O)c1nc(Br)n(C2CSC2)c1C(=O)OC. The van der Waals surface area contributed by atoms with Crippen molar-refractivity contribution in [2.75, 3.05) is 25.7 Å². The van der Waals surface area contributed by atoms with Gasteiger partial charge in [0.1, 0.15) is 0 Å². The number of esters is 2. The molecule has 0 N–H and O–H groups in total. The average Bonchev–Trinajstić information content (AvgIpc) is 2.63. The van der Waals surface area contributed by atoms with Gasteiger partial charge in [0, 0.05) is 11.5 Å². The molecule has 0 aromatic carbocycles. The van der Waals surface area contributed by atoms with Gasteiger partial charge in [-0.05, 0) is 15.9 Å². The lowest BCUT2D eigenvalue weighted by molar-refractivity contribution is 0.0542. The molecule has 6 nitrogen and oxygen atoms in total. The van der Waals surface area contributed by atoms with Gasteiger partial charge in [-0.15, -0.1) is 0 Å². The summed E-state index contributed by atoms with van der Waals surface area (Å²) in [7, 11) is 2.51. The minimum absolute atomic E-state index is 0.0203. The van der Waals surface area contributed by atoms with Gasteiger partial charge in [0.05, 0.1) is 20.3 Å². The second-order valence-corrected chi connectivity index (χ2v) is 5.41. The molecule has 1 aliphatic heterocycles. The molecule has 1 aromatic heterocycles. The zero-order valence-corrected chi connectivity index (χ0v) is 12.2. The average molecular weight is 335 g/mol. The van der Waals surface area contributed by atoms with E-state index in [2.05, 4.69) is 25.7 Å². The van der Waals surface area contributed by atoms with E-state index in [-0.39, 0.29) is 17.4 Å². The van der Waals surface area contributed by atoms with Gasteiger partial charge in [-0.3, -0.25) is 0 Å². The van der Waals surface area contributed by atoms with Gasteiger partial charge < -0.3 is 14.0 Å². The molecule has 0 radical (unpaired) electrons. The van der Waals surface area contributed by atoms with Gasteiger partial charge in [0.25, 0.3) is 0 Å². The van der Waals surface area contributed by atoms with Gasteiger partial charge in [-0.1, -0.05) is 0 Å². The number of carbonyl (C=O) groups excluding carboxylic acids is 2. The third-order valence-corrected chi connectivity index (χ3v) is 4.41. The smallest absolute Gasteiger partial charge is 0.359 e. The first-order valence-electron chi connectivity index (χ1n) is 5.12. The lowest BCUT2D eigenvalue weighted by Gasteiger charge is -2.28. The predicted octanol–water partition coefficient (Wildman–Crippen LogP) is 1.51. The van der Waals surface area contributed by atoms with Crippen molar-refractivity contribution in [3.8, 4) is 0 Å². The number of methoxy groups -OCH3 is 2. The number of hydrogen-bond acceptors (Lipinski definition) is 6. The summed E-state index contributed by atoms with van der Waals surface area (Å²) in [5.74, 6) is 0.506. The molecular formula is C10H11BrN2O4S. The van der Waals surface area contributed by atoms with Crippen LogP contribution in [-0.2, 0) is 9.47 Å². The summed E-state index contributed by atoms with van der Waals surface area (Å²) in [5, 5.41) is 0. The number of rotatable bonds is 3. The van der Waals surface area contributed by atoms with E-state index < -0.39 is 11.9 Å². The molecule has 0 amide bonds. The van der Waals surface area contributed by atoms with Crippen LogP contribution in [0.2, 0.25) is 0 Å². The molecule has 8 heteroatoms. The van der Waals surface area contributed by atoms with E-state index in [4.69, 9.17) is 4.74 Å². The molecule has 2 heterocycles. The van der Waals surface area contributed by atoms with Crippen molar-refractivity contribution in [2.24, 2.45) is 0 Å². The molecule has 0 saturated carbocycles. The second-order valence-electron chi connectivity index (χ2n) is 3.62. The topological polar surface area (TPSA) is 70.4 Å². The number of imidazole rings is 1. The fourth-order valence-electron chi connectivity index (χ4n) is 1.64. The van der Waals surface area contributed by atoms with Crippen LogP contribution in [0.15, 0.2) is 4.73 Å². The van der Waals surface area contributed by atoms with Crippen LogP contribution in [0, 0.1) is 0 Å². The summed E-state index contributed by atoms with van der Waals surface area (Å²) in [6, 6.07) is 0.143. The van der Waals surface area contributed by atoms with Crippen LogP contribution in [0.3, 0.4) is 0 Å². The molecule has 2 rings (SSSR count). The Kier molecular flexibility index (Phi) is 3.96. The first-order valence-corrected chi connectivity index (χ1v) is 7.07. The quantitative estimate of drug-likeness (QED) is 0.780. The zero-order chi connectivity index (χ0) is 13.3. The van der Waals surface area contributed by atoms with E-state index in [0.29, 0.717) is 4.73 Å². The van der Waals surface area contributed by atoms with Crippen molar-refractivity contribution in [1.82, 2.24) is 9.55 Å². The number of halogens is 1. The molecule has 1 aromatic rings. The van der Waals surface area contributed by atoms with E-state index in [9.17, 15) is 9.59 Å². The summed E-state index contributed by atoms with van der Waals surface area (Å²) in [4.78, 5) is 27.5. The standard InChI is InChI=1S/C10H11BrN2O4S/c1-16-8(14)6-7(9(15)17-2)13(10(11)12-6)5-3-18-4-5/h5H,3-4H2,1-2H3. The maximum absolute atomic E-state index is 11.8. The Morgan fingerprint density at radius 2 is 1.94 bits per heavy atom. The number of carbonyl (C=O) groups is 2. The molecule has 0 spiro atoms. The fourth-order valence-corrected chi connectivity index (χ4v) is 3.03. The van der Waals surface area contributed by atoms with E-state index >= 15 is 0 Å². The Morgan fingerprint density at radius 3 is 2.39 bits per heavy atom. The van der Waals surface area contributed by atoms with E-state index in [1.54, 1.807) is 16.3 Å². The third-order valence-electron chi connectivity index (χ3n) is 2.61. The highest BCUT2D eigenvalue weighted by Gasteiger charge is 2.33. The summed E-state index contributed by atoms with van der Waals surface area (Å²) in [5.41, 5.74) is 0.120. The van der Waals surface area contributed by atoms with Crippen molar-refractivity contribution in [3.05, 3.63) is 16.1 Å². The molecule has 18 heavy (non-hydrogen) atoms. The van der Waals surface area contributed by atoms with Gasteiger partial charge >= 0.3 is 11.9 Å². The minimum atomic E-state index is -0.651. The minimum Gasteiger partial charge on any atom is -0.464 e. The van der Waals surface area contributed by atoms with E-state index in [1.807, 2.05) is 0 Å². The Labute approximate surface area is 116 Å². The molecule has 0 atom stereocenters. The highest BCUT2D eigenvalue weighted by molar-refractivity contribution is 9.10. The number of hydrogen-bond donors (Lipinski definition) is 0. The fraction of sp³-hybridized carbons (Fsp3) is 0.500. The van der Waals surface area contributed by atoms with Crippen molar-refractivity contribution < 1.29 is 19.1 Å². The molecule has 1 fully saturated rings. The first kappa shape index (κ1) is 13.4. The highest BCUT2D eigenvalue weighted by atomic mass is 79.9. The monoisotopic (exact) mass is 334 g/mol. The van der Waals surface area contributed by atoms with Crippen LogP contribution in [0.1, 0.15) is 27.0 Å². The second kappa shape index (κ2) is 5.31. The summed E-state index contributed by atoms with van der Waals surface area (Å²) in [6.45, 7) is 0. The van der Waals surface area contributed by atoms with Crippen LogP contribution in [0.25, 0.3) is 0 Å². The van der Waals surface area contributed by atoms with Crippen molar-refractivity contribution in [1.29, 1.82) is 0 Å². The first-order chi connectivity index (χ1) is 8.60. The summed E-state index contributed by atoms with van der Waals surface area (Å²) in [6.07, 6.45) is 0. The largest absolute Gasteiger partial charge is 0.464 e. The van der Waals surface area contributed by atoms with Crippen LogP contribution >= 0.6 is 27.7 Å². The lowest BCUT2D eigenvalue weighted by Crippen LogP contribution is -2.27. The van der Waals surface area contributed by atoms with Gasteiger partial charge in [0.2, 0.25) is 0 Å². The Hall–Kier alpha value is -1.02. The van der Waals surface area contributed by atoms with E-state index in [1.165, 1.54) is 14.2 Å². The predicted molar refractivity (Wildman–Crippen MR) is 69.0 cm³/mol. The molecule has 1 aliphatic rings. The maximum Gasteiger partial charge on any atom is 0.359 e. The number of nitrogens with zero attached hydrogens (tertiary/aromatic N) is 2. The zero-order valence-electron chi connectivity index (χ0n) is 9.81. The lowest BCUT2D eigenvalue weighted by atomic mass is 10.2. The number of ether oxygens (including phenoxy) is 2. The molecule has 0 unspecified atom stereocenters. The van der Waals surface area contributed by atoms with Crippen LogP contribution in [0.4, 0.5) is 0 Å². The molecule has 0 aliphatic carbocycles. The highest BCUT2D eigenvalue weighted by Crippen LogP contribution is 2.34. The Morgan fingerprint density at radius 1 is 1.33 bits per heavy atom. The van der Waals surface area contributed by atoms with Crippen molar-refractivity contribution >= 4 is 39.6 Å². The van der Waals surface area contributed by atoms with Crippen molar-refractivity contribution in [3.63, 3.8) is 0 Å². The number of thioether (sulfide) groups is 1. The normalized spacial score (nSPS) is 15.1. The van der Waals surface area contributed by atoms with Gasteiger partial charge in [-0.25, -0.2) is 14.6 Å². The van der Waals surface area contributed by atoms with Crippen LogP contribution in [0.5, 0.6) is 0 Å². The molecule has 98 valence electrons. The van der Waals surface area contributed by atoms with Gasteiger partial charge in [-0.2, -0.15) is 11.8 Å². The summed E-state index contributed by atoms with van der Waals surface area (Å²) < 4.78 is 11.5.